The van der Waals surface area contributed by atoms with Gasteiger partial charge in [0.15, 0.2) is 5.69 Å². The second-order valence-corrected chi connectivity index (χ2v) is 2.11. The van der Waals surface area contributed by atoms with Gasteiger partial charge in [0.05, 0.1) is 0 Å². The van der Waals surface area contributed by atoms with Gasteiger partial charge in [0.2, 0.25) is 0 Å². The summed E-state index contributed by atoms with van der Waals surface area (Å²) in [6, 6.07) is 1.35. The normalized spacial score (nSPS) is 9.55. The molecule has 1 rings (SSSR count). The molecule has 0 aliphatic heterocycles. The van der Waals surface area contributed by atoms with E-state index in [1.165, 1.54) is 19.2 Å². The number of pyridine rings is 1. The van der Waals surface area contributed by atoms with Gasteiger partial charge in [0, 0.05) is 11.8 Å². The Morgan fingerprint density at radius 1 is 1.64 bits per heavy atom. The molecule has 0 aromatic carbocycles. The molecule has 0 saturated carbocycles. The van der Waals surface area contributed by atoms with Crippen LogP contribution < -0.4 is 0 Å². The number of carboxylic acids is 1. The topological polar surface area (TPSA) is 70.4 Å². The maximum atomic E-state index is 10.4. The zero-order valence-electron chi connectivity index (χ0n) is 5.90. The van der Waals surface area contributed by atoms with Gasteiger partial charge >= 0.3 is 5.97 Å². The van der Waals surface area contributed by atoms with Crippen molar-refractivity contribution >= 4 is 5.97 Å². The molecule has 0 spiro atoms. The van der Waals surface area contributed by atoms with Crippen LogP contribution in [-0.4, -0.2) is 21.2 Å². The van der Waals surface area contributed by atoms with Gasteiger partial charge in [-0.2, -0.15) is 0 Å². The highest BCUT2D eigenvalue weighted by Gasteiger charge is 2.10. The first-order valence-electron chi connectivity index (χ1n) is 3.01. The molecule has 1 aromatic rings. The van der Waals surface area contributed by atoms with Gasteiger partial charge in [-0.05, 0) is 13.0 Å². The first kappa shape index (κ1) is 7.53. The SMILES string of the molecule is Cc1c(O)ccnc1C(=O)O. The number of aromatic hydroxyl groups is 1. The van der Waals surface area contributed by atoms with Crippen molar-refractivity contribution in [3.63, 3.8) is 0 Å². The van der Waals surface area contributed by atoms with E-state index in [1.54, 1.807) is 0 Å². The number of nitrogens with zero attached hydrogens (tertiary/aromatic N) is 1. The predicted octanol–water partition coefficient (Wildman–Crippen LogP) is 0.794. The van der Waals surface area contributed by atoms with E-state index in [9.17, 15) is 4.79 Å². The Kier molecular flexibility index (Phi) is 1.76. The summed E-state index contributed by atoms with van der Waals surface area (Å²) in [7, 11) is 0. The summed E-state index contributed by atoms with van der Waals surface area (Å²) >= 11 is 0. The van der Waals surface area contributed by atoms with E-state index in [0.29, 0.717) is 5.56 Å². The summed E-state index contributed by atoms with van der Waals surface area (Å²) in [6.45, 7) is 1.51. The van der Waals surface area contributed by atoms with E-state index in [-0.39, 0.29) is 11.4 Å². The zero-order valence-corrected chi connectivity index (χ0v) is 5.90. The third-order valence-corrected chi connectivity index (χ3v) is 1.38. The third-order valence-electron chi connectivity index (χ3n) is 1.38. The first-order valence-corrected chi connectivity index (χ1v) is 3.01. The minimum Gasteiger partial charge on any atom is -0.508 e. The number of aromatic carboxylic acids is 1. The van der Waals surface area contributed by atoms with Crippen LogP contribution in [0.15, 0.2) is 12.3 Å². The average molecular weight is 153 g/mol. The van der Waals surface area contributed by atoms with Crippen LogP contribution in [0, 0.1) is 6.92 Å². The molecule has 11 heavy (non-hydrogen) atoms. The van der Waals surface area contributed by atoms with Gasteiger partial charge in [-0.25, -0.2) is 9.78 Å². The van der Waals surface area contributed by atoms with Crippen molar-refractivity contribution in [3.8, 4) is 5.75 Å². The first-order chi connectivity index (χ1) is 5.13. The molecule has 1 heterocycles. The molecule has 0 saturated heterocycles. The summed E-state index contributed by atoms with van der Waals surface area (Å²) in [6.07, 6.45) is 1.26. The summed E-state index contributed by atoms with van der Waals surface area (Å²) in [4.78, 5) is 14.0. The molecule has 0 amide bonds. The molecule has 1 aromatic heterocycles. The van der Waals surface area contributed by atoms with Gasteiger partial charge in [-0.1, -0.05) is 0 Å². The fourth-order valence-electron chi connectivity index (χ4n) is 0.741. The highest BCUT2D eigenvalue weighted by molar-refractivity contribution is 5.87. The lowest BCUT2D eigenvalue weighted by atomic mass is 10.2. The predicted molar refractivity (Wildman–Crippen MR) is 37.6 cm³/mol. The van der Waals surface area contributed by atoms with Crippen LogP contribution in [0.1, 0.15) is 16.1 Å². The Bertz CT molecular complexity index is 296. The Labute approximate surface area is 63.1 Å². The standard InChI is InChI=1S/C7H7NO3/c1-4-5(9)2-3-8-6(4)7(10)11/h2-3H,1H3,(H,8,9)(H,10,11). The molecular weight excluding hydrogens is 146 g/mol. The molecule has 0 unspecified atom stereocenters. The van der Waals surface area contributed by atoms with Crippen LogP contribution >= 0.6 is 0 Å². The van der Waals surface area contributed by atoms with Crippen molar-refractivity contribution < 1.29 is 15.0 Å². The van der Waals surface area contributed by atoms with Crippen LogP contribution in [0.4, 0.5) is 0 Å². The number of hydrogen-bond acceptors (Lipinski definition) is 3. The summed E-state index contributed by atoms with van der Waals surface area (Å²) in [5.74, 6) is -1.17. The van der Waals surface area contributed by atoms with Gasteiger partial charge in [-0.15, -0.1) is 0 Å². The van der Waals surface area contributed by atoms with E-state index in [2.05, 4.69) is 4.98 Å². The van der Waals surface area contributed by atoms with Crippen LogP contribution in [0.2, 0.25) is 0 Å². The van der Waals surface area contributed by atoms with Crippen LogP contribution in [0.5, 0.6) is 5.75 Å². The number of carbonyl (C=O) groups is 1. The second kappa shape index (κ2) is 2.57. The van der Waals surface area contributed by atoms with Crippen molar-refractivity contribution in [2.45, 2.75) is 6.92 Å². The van der Waals surface area contributed by atoms with E-state index < -0.39 is 5.97 Å². The maximum Gasteiger partial charge on any atom is 0.354 e. The molecule has 0 radical (unpaired) electrons. The molecule has 0 fully saturated rings. The van der Waals surface area contributed by atoms with E-state index in [1.807, 2.05) is 0 Å². The van der Waals surface area contributed by atoms with Gasteiger partial charge in [0.25, 0.3) is 0 Å². The lowest BCUT2D eigenvalue weighted by Gasteiger charge is -1.99. The van der Waals surface area contributed by atoms with Gasteiger partial charge in [0.1, 0.15) is 5.75 Å². The minimum absolute atomic E-state index is 0.0441. The largest absolute Gasteiger partial charge is 0.508 e. The Balaban J connectivity index is 3.27. The minimum atomic E-state index is -1.13. The zero-order chi connectivity index (χ0) is 8.43. The monoisotopic (exact) mass is 153 g/mol. The number of hydrogen-bond donors (Lipinski definition) is 2. The highest BCUT2D eigenvalue weighted by atomic mass is 16.4. The van der Waals surface area contributed by atoms with E-state index in [4.69, 9.17) is 10.2 Å². The number of aromatic nitrogens is 1. The summed E-state index contributed by atoms with van der Waals surface area (Å²) in [5.41, 5.74) is 0.185. The number of carboxylic acid groups (broad SMARTS) is 1. The molecule has 58 valence electrons. The van der Waals surface area contributed by atoms with E-state index in [0.717, 1.165) is 0 Å². The smallest absolute Gasteiger partial charge is 0.354 e. The van der Waals surface area contributed by atoms with Crippen LogP contribution in [0.25, 0.3) is 0 Å². The third kappa shape index (κ3) is 1.29. The summed E-state index contributed by atoms with van der Waals surface area (Å²) < 4.78 is 0. The lowest BCUT2D eigenvalue weighted by molar-refractivity contribution is 0.0689. The van der Waals surface area contributed by atoms with Crippen molar-refractivity contribution in [2.75, 3.05) is 0 Å². The van der Waals surface area contributed by atoms with Crippen LogP contribution in [-0.2, 0) is 0 Å². The van der Waals surface area contributed by atoms with Gasteiger partial charge in [-0.3, -0.25) is 0 Å². The van der Waals surface area contributed by atoms with Crippen molar-refractivity contribution in [1.29, 1.82) is 0 Å². The Morgan fingerprint density at radius 3 is 2.73 bits per heavy atom. The molecule has 0 aliphatic rings. The molecule has 0 atom stereocenters. The Hall–Kier alpha value is -1.58. The molecule has 4 nitrogen and oxygen atoms in total. The average Bonchev–Trinajstić information content (AvgIpc) is 1.94. The van der Waals surface area contributed by atoms with E-state index >= 15 is 0 Å². The van der Waals surface area contributed by atoms with Crippen LogP contribution in [0.3, 0.4) is 0 Å². The van der Waals surface area contributed by atoms with Crippen molar-refractivity contribution in [3.05, 3.63) is 23.5 Å². The quantitative estimate of drug-likeness (QED) is 0.625. The van der Waals surface area contributed by atoms with Crippen molar-refractivity contribution in [2.24, 2.45) is 0 Å². The van der Waals surface area contributed by atoms with Crippen molar-refractivity contribution in [1.82, 2.24) is 4.98 Å². The second-order valence-electron chi connectivity index (χ2n) is 2.11. The summed E-state index contributed by atoms with van der Waals surface area (Å²) in [5, 5.41) is 17.6. The molecule has 2 N–H and O–H groups in total. The molecule has 0 aliphatic carbocycles. The maximum absolute atomic E-state index is 10.4. The fourth-order valence-corrected chi connectivity index (χ4v) is 0.741. The van der Waals surface area contributed by atoms with Gasteiger partial charge < -0.3 is 10.2 Å². The lowest BCUT2D eigenvalue weighted by Crippen LogP contribution is -2.02. The molecule has 4 heteroatoms. The Morgan fingerprint density at radius 2 is 2.27 bits per heavy atom. The fraction of sp³-hybridized carbons (Fsp3) is 0.143. The molecule has 0 bridgehead atoms. The molecular formula is C7H7NO3. The highest BCUT2D eigenvalue weighted by Crippen LogP contribution is 2.16. The number of rotatable bonds is 1.